The highest BCUT2D eigenvalue weighted by Crippen LogP contribution is 2.24. The van der Waals surface area contributed by atoms with Gasteiger partial charge in [0, 0.05) is 24.8 Å². The minimum absolute atomic E-state index is 0. The summed E-state index contributed by atoms with van der Waals surface area (Å²) in [6, 6.07) is 4.10. The van der Waals surface area contributed by atoms with Gasteiger partial charge in [-0.2, -0.15) is 13.5 Å². The zero-order valence-electron chi connectivity index (χ0n) is 15.4. The molecule has 1 aliphatic heterocycles. The van der Waals surface area contributed by atoms with Gasteiger partial charge in [0.1, 0.15) is 5.60 Å². The minimum atomic E-state index is -0.441. The number of aromatic nitrogens is 1. The topological polar surface area (TPSA) is 51.7 Å². The van der Waals surface area contributed by atoms with Gasteiger partial charge in [0.25, 0.3) is 0 Å². The molecule has 2 heterocycles. The Morgan fingerprint density at radius 2 is 2.08 bits per heavy atom. The van der Waals surface area contributed by atoms with Crippen molar-refractivity contribution in [2.45, 2.75) is 53.1 Å². The number of ether oxygens (including phenoxy) is 2. The van der Waals surface area contributed by atoms with E-state index in [1.54, 1.807) is 0 Å². The third kappa shape index (κ3) is 6.23. The summed E-state index contributed by atoms with van der Waals surface area (Å²) in [5.74, 6) is 1.14. The highest BCUT2D eigenvalue weighted by molar-refractivity contribution is 7.59. The van der Waals surface area contributed by atoms with Crippen molar-refractivity contribution in [2.75, 3.05) is 19.7 Å². The summed E-state index contributed by atoms with van der Waals surface area (Å²) >= 11 is 0. The molecule has 1 aliphatic rings. The average molecular weight is 355 g/mol. The van der Waals surface area contributed by atoms with Gasteiger partial charge < -0.3 is 14.4 Å². The lowest BCUT2D eigenvalue weighted by atomic mass is 9.99. The van der Waals surface area contributed by atoms with Crippen LogP contribution in [0.4, 0.5) is 4.79 Å². The SMILES string of the molecule is CCOc1cc(CC2CCN(C(=O)OC(C)(C)C)C2)cc(C)n1.S. The van der Waals surface area contributed by atoms with E-state index in [0.29, 0.717) is 18.4 Å². The number of nitrogens with zero attached hydrogens (tertiary/aromatic N) is 2. The van der Waals surface area contributed by atoms with Crippen LogP contribution >= 0.6 is 13.5 Å². The number of carbonyl (C=O) groups excluding carboxylic acids is 1. The first-order chi connectivity index (χ1) is 10.8. The van der Waals surface area contributed by atoms with Crippen molar-refractivity contribution in [3.05, 3.63) is 23.4 Å². The second-order valence-electron chi connectivity index (χ2n) is 7.17. The molecule has 5 nitrogen and oxygen atoms in total. The van der Waals surface area contributed by atoms with E-state index < -0.39 is 5.60 Å². The van der Waals surface area contributed by atoms with Crippen LogP contribution in [0.15, 0.2) is 12.1 Å². The van der Waals surface area contributed by atoms with Crippen molar-refractivity contribution in [1.82, 2.24) is 9.88 Å². The molecule has 0 saturated carbocycles. The Hall–Kier alpha value is -1.43. The van der Waals surface area contributed by atoms with Gasteiger partial charge in [0.15, 0.2) is 0 Å². The first-order valence-electron chi connectivity index (χ1n) is 8.35. The van der Waals surface area contributed by atoms with Crippen LogP contribution in [0.25, 0.3) is 0 Å². The van der Waals surface area contributed by atoms with Gasteiger partial charge in [0.05, 0.1) is 6.61 Å². The maximum atomic E-state index is 12.1. The summed E-state index contributed by atoms with van der Waals surface area (Å²) in [6.07, 6.45) is 1.73. The Bertz CT molecular complexity index is 558. The number of amides is 1. The van der Waals surface area contributed by atoms with Gasteiger partial charge in [-0.3, -0.25) is 0 Å². The van der Waals surface area contributed by atoms with Crippen LogP contribution in [0.5, 0.6) is 5.88 Å². The Morgan fingerprint density at radius 1 is 1.38 bits per heavy atom. The molecule has 1 amide bonds. The largest absolute Gasteiger partial charge is 0.478 e. The fraction of sp³-hybridized carbons (Fsp3) is 0.667. The fourth-order valence-corrected chi connectivity index (χ4v) is 2.87. The van der Waals surface area contributed by atoms with E-state index in [9.17, 15) is 4.79 Å². The Labute approximate surface area is 152 Å². The van der Waals surface area contributed by atoms with Crippen molar-refractivity contribution in [2.24, 2.45) is 5.92 Å². The normalized spacial score (nSPS) is 17.4. The standard InChI is InChI=1S/C18H28N2O3.H2S/c1-6-22-16-11-15(9-13(2)19-16)10-14-7-8-20(12-14)17(21)23-18(3,4)5;/h9,11,14H,6-8,10,12H2,1-5H3;1H2. The van der Waals surface area contributed by atoms with Crippen molar-refractivity contribution < 1.29 is 14.3 Å². The van der Waals surface area contributed by atoms with Crippen LogP contribution in [0.3, 0.4) is 0 Å². The molecular weight excluding hydrogens is 324 g/mol. The highest BCUT2D eigenvalue weighted by atomic mass is 32.1. The zero-order valence-corrected chi connectivity index (χ0v) is 16.4. The van der Waals surface area contributed by atoms with Crippen LogP contribution < -0.4 is 4.74 Å². The minimum Gasteiger partial charge on any atom is -0.478 e. The second kappa shape index (κ2) is 8.60. The molecule has 1 aromatic rings. The smallest absolute Gasteiger partial charge is 0.410 e. The molecule has 0 N–H and O–H groups in total. The van der Waals surface area contributed by atoms with Gasteiger partial charge in [-0.1, -0.05) is 0 Å². The number of hydrogen-bond acceptors (Lipinski definition) is 4. The molecule has 1 unspecified atom stereocenters. The zero-order chi connectivity index (χ0) is 17.0. The molecule has 2 rings (SSSR count). The molecular formula is C18H30N2O3S. The second-order valence-corrected chi connectivity index (χ2v) is 7.17. The molecule has 0 spiro atoms. The molecule has 0 aliphatic carbocycles. The lowest BCUT2D eigenvalue weighted by Gasteiger charge is -2.24. The van der Waals surface area contributed by atoms with Crippen molar-refractivity contribution in [3.8, 4) is 5.88 Å². The van der Waals surface area contributed by atoms with E-state index in [4.69, 9.17) is 9.47 Å². The lowest BCUT2D eigenvalue weighted by molar-refractivity contribution is 0.0288. The van der Waals surface area contributed by atoms with Gasteiger partial charge in [0.2, 0.25) is 5.88 Å². The van der Waals surface area contributed by atoms with Crippen LogP contribution in [0.2, 0.25) is 0 Å². The first kappa shape index (κ1) is 20.6. The Morgan fingerprint density at radius 3 is 2.71 bits per heavy atom. The van der Waals surface area contributed by atoms with Crippen molar-refractivity contribution in [3.63, 3.8) is 0 Å². The molecule has 1 saturated heterocycles. The van der Waals surface area contributed by atoms with E-state index in [0.717, 1.165) is 31.6 Å². The van der Waals surface area contributed by atoms with Crippen LogP contribution in [-0.4, -0.2) is 41.3 Å². The third-order valence-electron chi connectivity index (χ3n) is 3.74. The number of hydrogen-bond donors (Lipinski definition) is 0. The van der Waals surface area contributed by atoms with Crippen molar-refractivity contribution >= 4 is 19.6 Å². The average Bonchev–Trinajstić information content (AvgIpc) is 2.85. The molecule has 1 atom stereocenters. The Balaban J connectivity index is 0.00000288. The summed E-state index contributed by atoms with van der Waals surface area (Å²) in [7, 11) is 0. The van der Waals surface area contributed by atoms with E-state index in [2.05, 4.69) is 11.1 Å². The molecule has 1 aromatic heterocycles. The van der Waals surface area contributed by atoms with Gasteiger partial charge in [-0.15, -0.1) is 0 Å². The molecule has 6 heteroatoms. The quantitative estimate of drug-likeness (QED) is 0.827. The van der Waals surface area contributed by atoms with E-state index >= 15 is 0 Å². The first-order valence-corrected chi connectivity index (χ1v) is 8.35. The molecule has 0 radical (unpaired) electrons. The van der Waals surface area contributed by atoms with Crippen LogP contribution in [0.1, 0.15) is 45.4 Å². The predicted molar refractivity (Wildman–Crippen MR) is 100 cm³/mol. The number of rotatable bonds is 4. The summed E-state index contributed by atoms with van der Waals surface area (Å²) in [6.45, 7) is 11.8. The van der Waals surface area contributed by atoms with E-state index in [1.807, 2.05) is 45.6 Å². The molecule has 1 fully saturated rings. The van der Waals surface area contributed by atoms with Gasteiger partial charge >= 0.3 is 6.09 Å². The van der Waals surface area contributed by atoms with Gasteiger partial charge in [-0.25, -0.2) is 9.78 Å². The number of aryl methyl sites for hydroxylation is 1. The van der Waals surface area contributed by atoms with Crippen molar-refractivity contribution in [1.29, 1.82) is 0 Å². The molecule has 0 bridgehead atoms. The Kier molecular flexibility index (Phi) is 7.39. The summed E-state index contributed by atoms with van der Waals surface area (Å²) < 4.78 is 11.0. The molecule has 0 aromatic carbocycles. The van der Waals surface area contributed by atoms with Gasteiger partial charge in [-0.05, 0) is 65.0 Å². The van der Waals surface area contributed by atoms with E-state index in [1.165, 1.54) is 5.56 Å². The number of likely N-dealkylation sites (tertiary alicyclic amines) is 1. The monoisotopic (exact) mass is 354 g/mol. The van der Waals surface area contributed by atoms with Crippen LogP contribution in [-0.2, 0) is 11.2 Å². The number of pyridine rings is 1. The lowest BCUT2D eigenvalue weighted by Crippen LogP contribution is -2.35. The molecule has 136 valence electrons. The summed E-state index contributed by atoms with van der Waals surface area (Å²) in [5.41, 5.74) is 1.74. The fourth-order valence-electron chi connectivity index (χ4n) is 2.87. The van der Waals surface area contributed by atoms with Crippen LogP contribution in [0, 0.1) is 12.8 Å². The summed E-state index contributed by atoms with van der Waals surface area (Å²) in [4.78, 5) is 18.3. The third-order valence-corrected chi connectivity index (χ3v) is 3.74. The highest BCUT2D eigenvalue weighted by Gasteiger charge is 2.29. The van der Waals surface area contributed by atoms with E-state index in [-0.39, 0.29) is 19.6 Å². The maximum absolute atomic E-state index is 12.1. The summed E-state index contributed by atoms with van der Waals surface area (Å²) in [5, 5.41) is 0. The molecule has 24 heavy (non-hydrogen) atoms. The number of carbonyl (C=O) groups is 1. The maximum Gasteiger partial charge on any atom is 0.410 e. The predicted octanol–water partition coefficient (Wildman–Crippen LogP) is 3.70.